The topological polar surface area (TPSA) is 188 Å². The number of azo groups is 1. The number of hydrogen-bond acceptors (Lipinski definition) is 12. The van der Waals surface area contributed by atoms with Crippen molar-refractivity contribution in [3.8, 4) is 5.75 Å². The molecule has 0 fully saturated rings. The molecular weight excluding hydrogens is 656 g/mol. The first-order valence-corrected chi connectivity index (χ1v) is 15.1. The van der Waals surface area contributed by atoms with Gasteiger partial charge in [0, 0.05) is 25.6 Å². The number of rotatable bonds is 17. The molecule has 2 aromatic rings. The summed E-state index contributed by atoms with van der Waals surface area (Å²) in [5.41, 5.74) is -0.566. The van der Waals surface area contributed by atoms with Crippen LogP contribution in [0.25, 0.3) is 0 Å². The van der Waals surface area contributed by atoms with Crippen LogP contribution >= 0.6 is 15.9 Å². The molecule has 246 valence electrons. The Morgan fingerprint density at radius 1 is 1.02 bits per heavy atom. The molecule has 0 aliphatic rings. The molecule has 0 radical (unpaired) electrons. The normalized spacial score (nSPS) is 12.6. The Bertz CT molecular complexity index is 1420. The van der Waals surface area contributed by atoms with Crippen LogP contribution in [0.3, 0.4) is 0 Å². The van der Waals surface area contributed by atoms with Gasteiger partial charge in [-0.15, -0.1) is 10.2 Å². The lowest BCUT2D eigenvalue weighted by Gasteiger charge is -2.28. The van der Waals surface area contributed by atoms with Crippen molar-refractivity contribution in [1.82, 2.24) is 0 Å². The number of nitro groups is 2. The highest BCUT2D eigenvalue weighted by Gasteiger charge is 2.25. The molecule has 2 rings (SSSR count). The number of nitrogens with one attached hydrogen (secondary N) is 1. The van der Waals surface area contributed by atoms with E-state index in [0.717, 1.165) is 18.6 Å². The van der Waals surface area contributed by atoms with Crippen LogP contribution in [0.1, 0.15) is 48.0 Å². The Balaban J connectivity index is 2.56. The predicted molar refractivity (Wildman–Crippen MR) is 172 cm³/mol. The molecule has 2 atom stereocenters. The van der Waals surface area contributed by atoms with Crippen LogP contribution in [-0.4, -0.2) is 61.2 Å². The summed E-state index contributed by atoms with van der Waals surface area (Å²) in [6.07, 6.45) is 0.850. The van der Waals surface area contributed by atoms with Crippen molar-refractivity contribution in [2.24, 2.45) is 22.1 Å². The zero-order valence-electron chi connectivity index (χ0n) is 26.4. The molecule has 15 nitrogen and oxygen atoms in total. The van der Waals surface area contributed by atoms with Crippen LogP contribution < -0.4 is 15.0 Å². The minimum atomic E-state index is -0.807. The Hall–Kier alpha value is -4.18. The molecule has 16 heteroatoms. The van der Waals surface area contributed by atoms with Crippen LogP contribution in [0.4, 0.5) is 34.1 Å². The van der Waals surface area contributed by atoms with Crippen molar-refractivity contribution in [3.05, 3.63) is 49.0 Å². The van der Waals surface area contributed by atoms with Gasteiger partial charge in [-0.25, -0.2) is 0 Å². The van der Waals surface area contributed by atoms with Crippen LogP contribution in [0, 0.1) is 32.1 Å². The summed E-state index contributed by atoms with van der Waals surface area (Å²) in [5.74, 6) is -0.569. The number of esters is 1. The lowest BCUT2D eigenvalue weighted by molar-refractivity contribution is -0.393. The Labute approximate surface area is 269 Å². The van der Waals surface area contributed by atoms with Crippen molar-refractivity contribution >= 4 is 61.9 Å². The van der Waals surface area contributed by atoms with Gasteiger partial charge in [-0.3, -0.25) is 29.8 Å². The number of amides is 1. The highest BCUT2D eigenvalue weighted by atomic mass is 79.9. The maximum Gasteiger partial charge on any atom is 0.308 e. The minimum Gasteiger partial charge on any atom is -0.494 e. The van der Waals surface area contributed by atoms with Crippen LogP contribution in [-0.2, 0) is 19.1 Å². The zero-order chi connectivity index (χ0) is 33.8. The van der Waals surface area contributed by atoms with Crippen LogP contribution in [0.2, 0.25) is 0 Å². The van der Waals surface area contributed by atoms with E-state index in [1.165, 1.54) is 20.1 Å². The smallest absolute Gasteiger partial charge is 0.308 e. The molecule has 0 aliphatic heterocycles. The predicted octanol–water partition coefficient (Wildman–Crippen LogP) is 7.10. The first-order valence-electron chi connectivity index (χ1n) is 14.3. The fourth-order valence-electron chi connectivity index (χ4n) is 3.85. The van der Waals surface area contributed by atoms with Crippen molar-refractivity contribution in [2.75, 3.05) is 43.6 Å². The van der Waals surface area contributed by atoms with E-state index in [1.54, 1.807) is 6.07 Å². The van der Waals surface area contributed by atoms with E-state index in [4.69, 9.17) is 14.2 Å². The second kappa shape index (κ2) is 17.3. The van der Waals surface area contributed by atoms with Crippen molar-refractivity contribution in [3.63, 3.8) is 0 Å². The third kappa shape index (κ3) is 10.7. The van der Waals surface area contributed by atoms with E-state index in [-0.39, 0.29) is 58.6 Å². The van der Waals surface area contributed by atoms with E-state index in [1.807, 2.05) is 39.5 Å². The second-order valence-corrected chi connectivity index (χ2v) is 11.4. The maximum atomic E-state index is 12.5. The fraction of sp³-hybridized carbons (Fsp3) is 0.517. The van der Waals surface area contributed by atoms with Crippen LogP contribution in [0.5, 0.6) is 5.75 Å². The summed E-state index contributed by atoms with van der Waals surface area (Å²) in [6.45, 7) is 12.1. The van der Waals surface area contributed by atoms with Crippen molar-refractivity contribution in [2.45, 2.75) is 54.1 Å². The zero-order valence-corrected chi connectivity index (χ0v) is 28.0. The van der Waals surface area contributed by atoms with Gasteiger partial charge in [-0.2, -0.15) is 0 Å². The number of benzene rings is 2. The molecule has 2 unspecified atom stereocenters. The molecule has 0 spiro atoms. The van der Waals surface area contributed by atoms with Gasteiger partial charge in [0.15, 0.2) is 5.69 Å². The minimum absolute atomic E-state index is 0.0226. The first-order chi connectivity index (χ1) is 21.2. The lowest BCUT2D eigenvalue weighted by atomic mass is 9.99. The Kier molecular flexibility index (Phi) is 14.3. The molecule has 2 aromatic carbocycles. The number of halogens is 1. The van der Waals surface area contributed by atoms with E-state index >= 15 is 0 Å². The molecule has 0 aromatic heterocycles. The quantitative estimate of drug-likeness (QED) is 0.0773. The van der Waals surface area contributed by atoms with Crippen molar-refractivity contribution in [1.29, 1.82) is 0 Å². The first kappa shape index (κ1) is 37.0. The van der Waals surface area contributed by atoms with Gasteiger partial charge in [0.2, 0.25) is 5.91 Å². The fourth-order valence-corrected chi connectivity index (χ4v) is 4.37. The lowest BCUT2D eigenvalue weighted by Crippen LogP contribution is -2.33. The highest BCUT2D eigenvalue weighted by Crippen LogP contribution is 2.43. The van der Waals surface area contributed by atoms with E-state index < -0.39 is 27.1 Å². The van der Waals surface area contributed by atoms with Gasteiger partial charge in [-0.1, -0.05) is 27.7 Å². The SMILES string of the molecule is CCC(C)OCCN(CCOC(=O)C(C)C(C)C)c1cc(NC(C)=O)c(N=Nc2c(Br)cc([N+](=O)[O-])cc2[N+](=O)[O-])cc1OC. The number of carbonyl (C=O) groups is 2. The van der Waals surface area contributed by atoms with Gasteiger partial charge in [0.05, 0.1) is 64.0 Å². The molecule has 1 N–H and O–H groups in total. The summed E-state index contributed by atoms with van der Waals surface area (Å²) in [6, 6.07) is 4.96. The number of anilines is 2. The number of non-ortho nitro benzene ring substituents is 1. The average Bonchev–Trinajstić information content (AvgIpc) is 2.98. The number of hydrogen-bond donors (Lipinski definition) is 1. The monoisotopic (exact) mass is 694 g/mol. The van der Waals surface area contributed by atoms with Crippen LogP contribution in [0.15, 0.2) is 39.0 Å². The van der Waals surface area contributed by atoms with Gasteiger partial charge in [0.1, 0.15) is 18.0 Å². The third-order valence-electron chi connectivity index (χ3n) is 6.96. The molecule has 0 bridgehead atoms. The second-order valence-electron chi connectivity index (χ2n) is 10.5. The molecule has 0 saturated carbocycles. The standard InChI is InChI=1S/C29H39BrN6O9/c1-8-18(4)44-11-9-34(10-12-45-29(38)19(5)17(2)3)25-15-23(31-20(6)37)24(16-27(25)43-7)32-33-28-22(30)13-21(35(39)40)14-26(28)36(41)42/h13-19H,8-12H2,1-7H3,(H,31,37). The average molecular weight is 696 g/mol. The molecule has 1 amide bonds. The number of ether oxygens (including phenoxy) is 3. The number of nitrogens with zero attached hydrogens (tertiary/aromatic N) is 5. The molecular formula is C29H39BrN6O9. The number of methoxy groups -OCH3 is 1. The third-order valence-corrected chi connectivity index (χ3v) is 7.56. The Morgan fingerprint density at radius 3 is 2.24 bits per heavy atom. The molecule has 45 heavy (non-hydrogen) atoms. The summed E-state index contributed by atoms with van der Waals surface area (Å²) in [5, 5.41) is 33.7. The van der Waals surface area contributed by atoms with Gasteiger partial charge >= 0.3 is 11.7 Å². The summed E-state index contributed by atoms with van der Waals surface area (Å²) in [7, 11) is 1.44. The van der Waals surface area contributed by atoms with Gasteiger partial charge in [-0.05, 0) is 41.3 Å². The van der Waals surface area contributed by atoms with E-state index in [9.17, 15) is 29.8 Å². The summed E-state index contributed by atoms with van der Waals surface area (Å²) < 4.78 is 17.1. The Morgan fingerprint density at radius 2 is 1.69 bits per heavy atom. The largest absolute Gasteiger partial charge is 0.494 e. The number of nitro benzene ring substituents is 2. The molecule has 0 heterocycles. The summed E-state index contributed by atoms with van der Waals surface area (Å²) in [4.78, 5) is 47.8. The van der Waals surface area contributed by atoms with E-state index in [0.29, 0.717) is 24.6 Å². The highest BCUT2D eigenvalue weighted by molar-refractivity contribution is 9.10. The van der Waals surface area contributed by atoms with Gasteiger partial charge in [0.25, 0.3) is 5.69 Å². The molecule has 0 saturated heterocycles. The van der Waals surface area contributed by atoms with Gasteiger partial charge < -0.3 is 24.4 Å². The van der Waals surface area contributed by atoms with Crippen molar-refractivity contribution < 1.29 is 33.6 Å². The number of carbonyl (C=O) groups excluding carboxylic acids is 2. The van der Waals surface area contributed by atoms with E-state index in [2.05, 4.69) is 31.5 Å². The maximum absolute atomic E-state index is 12.5. The molecule has 0 aliphatic carbocycles. The summed E-state index contributed by atoms with van der Waals surface area (Å²) >= 11 is 3.10.